The Morgan fingerprint density at radius 2 is 1.57 bits per heavy atom. The minimum absolute atomic E-state index is 0.688. The lowest BCUT2D eigenvalue weighted by atomic mass is 10.2. The van der Waals surface area contributed by atoms with Crippen LogP contribution in [0.25, 0.3) is 0 Å². The molecular weight excluding hydrogens is 174 g/mol. The number of hydrogen-bond donors (Lipinski definition) is 0. The predicted molar refractivity (Wildman–Crippen MR) is 62.8 cm³/mol. The summed E-state index contributed by atoms with van der Waals surface area (Å²) in [5.74, 6) is 0. The van der Waals surface area contributed by atoms with Crippen molar-refractivity contribution in [2.75, 3.05) is 26.1 Å². The first-order valence-electron chi connectivity index (χ1n) is 4.99. The van der Waals surface area contributed by atoms with Crippen molar-refractivity contribution in [2.45, 2.75) is 20.5 Å². The highest BCUT2D eigenvalue weighted by Crippen LogP contribution is 2.12. The smallest absolute Gasteiger partial charge is 0.0713 e. The quantitative estimate of drug-likeness (QED) is 0.735. The highest BCUT2D eigenvalue weighted by molar-refractivity contribution is 5.45. The number of rotatable bonds is 3. The Morgan fingerprint density at radius 3 is 1.93 bits per heavy atom. The highest BCUT2D eigenvalue weighted by atomic mass is 16.5. The molecule has 0 aliphatic carbocycles. The number of anilines is 1. The zero-order chi connectivity index (χ0) is 11.0. The Labute approximate surface area is 87.5 Å². The van der Waals surface area contributed by atoms with Crippen LogP contribution in [0, 0.1) is 0 Å². The molecule has 80 valence electrons. The van der Waals surface area contributed by atoms with Crippen molar-refractivity contribution >= 4 is 5.69 Å². The first kappa shape index (κ1) is 13.0. The Bertz CT molecular complexity index is 229. The molecule has 2 heteroatoms. The maximum Gasteiger partial charge on any atom is 0.0713 e. The fourth-order valence-corrected chi connectivity index (χ4v) is 1.06. The second-order valence-electron chi connectivity index (χ2n) is 2.99. The summed E-state index contributed by atoms with van der Waals surface area (Å²) in [5.41, 5.74) is 2.43. The molecule has 0 N–H and O–H groups in total. The lowest BCUT2D eigenvalue weighted by Gasteiger charge is -2.12. The first-order chi connectivity index (χ1) is 6.74. The SMILES string of the molecule is CC.COCc1ccc(N(C)C)cc1. The molecule has 1 aromatic carbocycles. The molecule has 0 aliphatic heterocycles. The van der Waals surface area contributed by atoms with Gasteiger partial charge in [0.1, 0.15) is 0 Å². The molecule has 14 heavy (non-hydrogen) atoms. The summed E-state index contributed by atoms with van der Waals surface area (Å²) in [7, 11) is 5.77. The maximum atomic E-state index is 5.01. The molecule has 0 unspecified atom stereocenters. The van der Waals surface area contributed by atoms with E-state index in [1.807, 2.05) is 27.9 Å². The van der Waals surface area contributed by atoms with Crippen LogP contribution in [0.1, 0.15) is 19.4 Å². The third-order valence-electron chi connectivity index (χ3n) is 1.76. The minimum Gasteiger partial charge on any atom is -0.380 e. The van der Waals surface area contributed by atoms with Gasteiger partial charge in [-0.15, -0.1) is 0 Å². The molecular formula is C12H21NO. The summed E-state index contributed by atoms with van der Waals surface area (Å²) < 4.78 is 5.01. The highest BCUT2D eigenvalue weighted by Gasteiger charge is 1.94. The van der Waals surface area contributed by atoms with Crippen molar-refractivity contribution < 1.29 is 4.74 Å². The van der Waals surface area contributed by atoms with Crippen molar-refractivity contribution in [3.63, 3.8) is 0 Å². The molecule has 0 fully saturated rings. The van der Waals surface area contributed by atoms with Crippen molar-refractivity contribution in [1.82, 2.24) is 0 Å². The van der Waals surface area contributed by atoms with Crippen LogP contribution in [0.15, 0.2) is 24.3 Å². The molecule has 0 saturated heterocycles. The Hall–Kier alpha value is -1.02. The largest absolute Gasteiger partial charge is 0.380 e. The average Bonchev–Trinajstić information content (AvgIpc) is 2.22. The van der Waals surface area contributed by atoms with E-state index < -0.39 is 0 Å². The molecule has 1 rings (SSSR count). The van der Waals surface area contributed by atoms with E-state index in [0.29, 0.717) is 6.61 Å². The summed E-state index contributed by atoms with van der Waals surface area (Å²) in [6.07, 6.45) is 0. The van der Waals surface area contributed by atoms with Gasteiger partial charge in [-0.05, 0) is 17.7 Å². The Kier molecular flexibility index (Phi) is 6.85. The van der Waals surface area contributed by atoms with Crippen LogP contribution < -0.4 is 4.90 Å². The number of benzene rings is 1. The lowest BCUT2D eigenvalue weighted by Crippen LogP contribution is -2.08. The summed E-state index contributed by atoms with van der Waals surface area (Å²) in [6.45, 7) is 4.69. The number of nitrogens with zero attached hydrogens (tertiary/aromatic N) is 1. The molecule has 0 spiro atoms. The van der Waals surface area contributed by atoms with E-state index >= 15 is 0 Å². The monoisotopic (exact) mass is 195 g/mol. The fraction of sp³-hybridized carbons (Fsp3) is 0.500. The van der Waals surface area contributed by atoms with Crippen molar-refractivity contribution in [3.8, 4) is 0 Å². The zero-order valence-electron chi connectivity index (χ0n) is 9.87. The van der Waals surface area contributed by atoms with Gasteiger partial charge in [0.2, 0.25) is 0 Å². The van der Waals surface area contributed by atoms with E-state index in [4.69, 9.17) is 4.74 Å². The Balaban J connectivity index is 0.000000791. The van der Waals surface area contributed by atoms with Crippen molar-refractivity contribution in [1.29, 1.82) is 0 Å². The van der Waals surface area contributed by atoms with Gasteiger partial charge in [-0.2, -0.15) is 0 Å². The molecule has 0 saturated carbocycles. The third kappa shape index (κ3) is 4.28. The second kappa shape index (κ2) is 7.39. The molecule has 0 radical (unpaired) electrons. The van der Waals surface area contributed by atoms with E-state index in [9.17, 15) is 0 Å². The van der Waals surface area contributed by atoms with Gasteiger partial charge in [0.05, 0.1) is 6.61 Å². The standard InChI is InChI=1S/C10H15NO.C2H6/c1-11(2)10-6-4-9(5-7-10)8-12-3;1-2/h4-7H,8H2,1-3H3;1-2H3. The van der Waals surface area contributed by atoms with E-state index in [-0.39, 0.29) is 0 Å². The maximum absolute atomic E-state index is 5.01. The summed E-state index contributed by atoms with van der Waals surface area (Å²) in [4.78, 5) is 2.08. The lowest BCUT2D eigenvalue weighted by molar-refractivity contribution is 0.185. The zero-order valence-corrected chi connectivity index (χ0v) is 9.87. The van der Waals surface area contributed by atoms with Crippen LogP contribution >= 0.6 is 0 Å². The first-order valence-corrected chi connectivity index (χ1v) is 4.99. The number of ether oxygens (including phenoxy) is 1. The molecule has 1 aromatic rings. The number of hydrogen-bond acceptors (Lipinski definition) is 2. The topological polar surface area (TPSA) is 12.5 Å². The van der Waals surface area contributed by atoms with Crippen LogP contribution in [0.5, 0.6) is 0 Å². The van der Waals surface area contributed by atoms with E-state index in [1.165, 1.54) is 11.3 Å². The van der Waals surface area contributed by atoms with Gasteiger partial charge < -0.3 is 9.64 Å². The van der Waals surface area contributed by atoms with Crippen molar-refractivity contribution in [2.24, 2.45) is 0 Å². The molecule has 0 atom stereocenters. The number of methoxy groups -OCH3 is 1. The van der Waals surface area contributed by atoms with Crippen LogP contribution in [0.4, 0.5) is 5.69 Å². The minimum atomic E-state index is 0.688. The molecule has 0 amide bonds. The summed E-state index contributed by atoms with van der Waals surface area (Å²) >= 11 is 0. The molecule has 0 aromatic heterocycles. The van der Waals surface area contributed by atoms with Gasteiger partial charge >= 0.3 is 0 Å². The van der Waals surface area contributed by atoms with Crippen LogP contribution in [-0.4, -0.2) is 21.2 Å². The molecule has 0 aliphatic rings. The van der Waals surface area contributed by atoms with Gasteiger partial charge in [-0.1, -0.05) is 26.0 Å². The van der Waals surface area contributed by atoms with Gasteiger partial charge in [-0.25, -0.2) is 0 Å². The van der Waals surface area contributed by atoms with Crippen LogP contribution in [0.2, 0.25) is 0 Å². The third-order valence-corrected chi connectivity index (χ3v) is 1.76. The van der Waals surface area contributed by atoms with Crippen LogP contribution in [0.3, 0.4) is 0 Å². The molecule has 0 heterocycles. The summed E-state index contributed by atoms with van der Waals surface area (Å²) in [6, 6.07) is 8.35. The van der Waals surface area contributed by atoms with Gasteiger partial charge in [0.15, 0.2) is 0 Å². The average molecular weight is 195 g/mol. The molecule has 2 nitrogen and oxygen atoms in total. The van der Waals surface area contributed by atoms with Gasteiger partial charge in [-0.3, -0.25) is 0 Å². The van der Waals surface area contributed by atoms with Crippen molar-refractivity contribution in [3.05, 3.63) is 29.8 Å². The van der Waals surface area contributed by atoms with Gasteiger partial charge in [0.25, 0.3) is 0 Å². The predicted octanol–water partition coefficient (Wildman–Crippen LogP) is 2.93. The van der Waals surface area contributed by atoms with Gasteiger partial charge in [0, 0.05) is 26.9 Å². The second-order valence-corrected chi connectivity index (χ2v) is 2.99. The van der Waals surface area contributed by atoms with E-state index in [0.717, 1.165) is 0 Å². The Morgan fingerprint density at radius 1 is 1.07 bits per heavy atom. The van der Waals surface area contributed by atoms with Crippen LogP contribution in [-0.2, 0) is 11.3 Å². The summed E-state index contributed by atoms with van der Waals surface area (Å²) in [5, 5.41) is 0. The van der Waals surface area contributed by atoms with E-state index in [2.05, 4.69) is 29.2 Å². The fourth-order valence-electron chi connectivity index (χ4n) is 1.06. The van der Waals surface area contributed by atoms with E-state index in [1.54, 1.807) is 7.11 Å². The normalized spacial score (nSPS) is 8.93. The molecule has 0 bridgehead atoms.